The topological polar surface area (TPSA) is 129 Å². The number of primary amides is 1. The number of aromatic nitrogens is 1. The quantitative estimate of drug-likeness (QED) is 0.470. The number of amides is 2. The minimum absolute atomic E-state index is 0.0572. The lowest BCUT2D eigenvalue weighted by atomic mass is 9.90. The van der Waals surface area contributed by atoms with E-state index in [0.29, 0.717) is 18.5 Å². The monoisotopic (exact) mass is 415 g/mol. The Labute approximate surface area is 174 Å². The largest absolute Gasteiger partial charge is 0.465 e. The number of halogens is 1. The van der Waals surface area contributed by atoms with Gasteiger partial charge < -0.3 is 26.8 Å². The number of hydrogen-bond acceptors (Lipinski definition) is 5. The third kappa shape index (κ3) is 5.16. The van der Waals surface area contributed by atoms with E-state index >= 15 is 0 Å². The van der Waals surface area contributed by atoms with Crippen molar-refractivity contribution in [1.82, 2.24) is 10.3 Å². The second kappa shape index (κ2) is 9.43. The SMILES string of the molecule is CCc1cccc(Nc2nc(N[C@@H]3CCCC[C@@H]3NC(=O)O)c(F)cc2C(N)=O)c1. The van der Waals surface area contributed by atoms with E-state index in [1.54, 1.807) is 0 Å². The Bertz CT molecular complexity index is 937. The molecule has 1 aromatic heterocycles. The number of carbonyl (C=O) groups is 2. The van der Waals surface area contributed by atoms with E-state index in [1.165, 1.54) is 0 Å². The highest BCUT2D eigenvalue weighted by atomic mass is 19.1. The van der Waals surface area contributed by atoms with Gasteiger partial charge in [0.25, 0.3) is 5.91 Å². The van der Waals surface area contributed by atoms with Gasteiger partial charge in [-0.05, 0) is 43.0 Å². The molecule has 3 rings (SSSR count). The van der Waals surface area contributed by atoms with E-state index in [-0.39, 0.29) is 29.3 Å². The summed E-state index contributed by atoms with van der Waals surface area (Å²) in [5, 5.41) is 17.6. The Hall–Kier alpha value is -3.36. The number of nitrogens with zero attached hydrogens (tertiary/aromatic N) is 1. The average molecular weight is 415 g/mol. The maximum atomic E-state index is 14.7. The smallest absolute Gasteiger partial charge is 0.404 e. The maximum absolute atomic E-state index is 14.7. The van der Waals surface area contributed by atoms with E-state index in [0.717, 1.165) is 30.9 Å². The highest BCUT2D eigenvalue weighted by Crippen LogP contribution is 2.27. The van der Waals surface area contributed by atoms with Crippen molar-refractivity contribution in [3.8, 4) is 0 Å². The van der Waals surface area contributed by atoms with E-state index in [1.807, 2.05) is 31.2 Å². The van der Waals surface area contributed by atoms with Crippen LogP contribution in [0.4, 0.5) is 26.5 Å². The fraction of sp³-hybridized carbons (Fsp3) is 0.381. The van der Waals surface area contributed by atoms with Crippen molar-refractivity contribution < 1.29 is 19.1 Å². The van der Waals surface area contributed by atoms with Crippen LogP contribution in [0.15, 0.2) is 30.3 Å². The first kappa shape index (κ1) is 21.4. The van der Waals surface area contributed by atoms with E-state index in [2.05, 4.69) is 20.9 Å². The molecule has 0 saturated heterocycles. The molecule has 1 heterocycles. The van der Waals surface area contributed by atoms with Crippen LogP contribution in [0, 0.1) is 5.82 Å². The summed E-state index contributed by atoms with van der Waals surface area (Å²) in [5.74, 6) is -1.45. The molecule has 1 aromatic carbocycles. The van der Waals surface area contributed by atoms with Crippen LogP contribution in [0.1, 0.15) is 48.5 Å². The number of pyridine rings is 1. The first-order valence-corrected chi connectivity index (χ1v) is 9.99. The molecule has 0 radical (unpaired) electrons. The van der Waals surface area contributed by atoms with Crippen molar-refractivity contribution in [2.45, 2.75) is 51.1 Å². The summed E-state index contributed by atoms with van der Waals surface area (Å²) in [7, 11) is 0. The first-order valence-electron chi connectivity index (χ1n) is 9.99. The highest BCUT2D eigenvalue weighted by Gasteiger charge is 2.28. The van der Waals surface area contributed by atoms with Gasteiger partial charge in [0.1, 0.15) is 5.82 Å². The molecule has 2 atom stereocenters. The summed E-state index contributed by atoms with van der Waals surface area (Å²) in [6.07, 6.45) is 2.82. The second-order valence-corrected chi connectivity index (χ2v) is 7.35. The van der Waals surface area contributed by atoms with Crippen LogP contribution in [-0.4, -0.2) is 34.2 Å². The summed E-state index contributed by atoms with van der Waals surface area (Å²) in [6.45, 7) is 2.03. The molecule has 2 aromatic rings. The van der Waals surface area contributed by atoms with Crippen molar-refractivity contribution in [3.63, 3.8) is 0 Å². The number of rotatable bonds is 7. The van der Waals surface area contributed by atoms with Gasteiger partial charge >= 0.3 is 6.09 Å². The number of hydrogen-bond donors (Lipinski definition) is 5. The third-order valence-corrected chi connectivity index (χ3v) is 5.24. The summed E-state index contributed by atoms with van der Waals surface area (Å²) in [6, 6.07) is 7.96. The number of carboxylic acid groups (broad SMARTS) is 1. The zero-order chi connectivity index (χ0) is 21.7. The fourth-order valence-corrected chi connectivity index (χ4v) is 3.69. The molecule has 0 bridgehead atoms. The average Bonchev–Trinajstić information content (AvgIpc) is 2.71. The van der Waals surface area contributed by atoms with Gasteiger partial charge in [0.05, 0.1) is 11.6 Å². The lowest BCUT2D eigenvalue weighted by Crippen LogP contribution is -2.48. The van der Waals surface area contributed by atoms with Crippen LogP contribution in [0.5, 0.6) is 0 Å². The predicted octanol–water partition coefficient (Wildman–Crippen LogP) is 3.62. The summed E-state index contributed by atoms with van der Waals surface area (Å²) >= 11 is 0. The van der Waals surface area contributed by atoms with E-state index < -0.39 is 17.8 Å². The Kier molecular flexibility index (Phi) is 6.71. The number of nitrogens with one attached hydrogen (secondary N) is 3. The van der Waals surface area contributed by atoms with Crippen LogP contribution in [-0.2, 0) is 6.42 Å². The van der Waals surface area contributed by atoms with Crippen LogP contribution in [0.25, 0.3) is 0 Å². The van der Waals surface area contributed by atoms with Gasteiger partial charge in [0.15, 0.2) is 11.6 Å². The summed E-state index contributed by atoms with van der Waals surface area (Å²) in [4.78, 5) is 27.2. The Morgan fingerprint density at radius 3 is 2.60 bits per heavy atom. The molecular weight excluding hydrogens is 389 g/mol. The van der Waals surface area contributed by atoms with Crippen molar-refractivity contribution in [1.29, 1.82) is 0 Å². The maximum Gasteiger partial charge on any atom is 0.404 e. The molecule has 0 unspecified atom stereocenters. The van der Waals surface area contributed by atoms with E-state index in [4.69, 9.17) is 10.8 Å². The molecule has 6 N–H and O–H groups in total. The zero-order valence-electron chi connectivity index (χ0n) is 16.7. The molecule has 160 valence electrons. The highest BCUT2D eigenvalue weighted by molar-refractivity contribution is 5.98. The van der Waals surface area contributed by atoms with Crippen molar-refractivity contribution >= 4 is 29.3 Å². The number of carbonyl (C=O) groups excluding carboxylic acids is 1. The molecule has 1 aliphatic carbocycles. The van der Waals surface area contributed by atoms with Crippen LogP contribution in [0.3, 0.4) is 0 Å². The second-order valence-electron chi connectivity index (χ2n) is 7.35. The molecule has 0 spiro atoms. The molecule has 1 saturated carbocycles. The number of nitrogens with two attached hydrogens (primary N) is 1. The van der Waals surface area contributed by atoms with Gasteiger partial charge in [0.2, 0.25) is 0 Å². The van der Waals surface area contributed by atoms with Gasteiger partial charge in [-0.2, -0.15) is 0 Å². The molecule has 30 heavy (non-hydrogen) atoms. The van der Waals surface area contributed by atoms with Gasteiger partial charge in [-0.3, -0.25) is 4.79 Å². The lowest BCUT2D eigenvalue weighted by molar-refractivity contribution is 0.100. The molecular formula is C21H26FN5O3. The van der Waals surface area contributed by atoms with Gasteiger partial charge in [-0.15, -0.1) is 0 Å². The molecule has 1 fully saturated rings. The van der Waals surface area contributed by atoms with Crippen LogP contribution >= 0.6 is 0 Å². The summed E-state index contributed by atoms with van der Waals surface area (Å²) < 4.78 is 14.7. The van der Waals surface area contributed by atoms with Crippen LogP contribution in [0.2, 0.25) is 0 Å². The zero-order valence-corrected chi connectivity index (χ0v) is 16.7. The molecule has 9 heteroatoms. The van der Waals surface area contributed by atoms with Gasteiger partial charge in [-0.1, -0.05) is 31.9 Å². The number of aryl methyl sites for hydroxylation is 1. The third-order valence-electron chi connectivity index (χ3n) is 5.24. The Balaban J connectivity index is 1.90. The van der Waals surface area contributed by atoms with E-state index in [9.17, 15) is 14.0 Å². The molecule has 2 amide bonds. The molecule has 1 aliphatic rings. The molecule has 8 nitrogen and oxygen atoms in total. The Morgan fingerprint density at radius 1 is 1.20 bits per heavy atom. The van der Waals surface area contributed by atoms with Gasteiger partial charge in [0, 0.05) is 11.7 Å². The minimum Gasteiger partial charge on any atom is -0.465 e. The Morgan fingerprint density at radius 2 is 1.93 bits per heavy atom. The van der Waals surface area contributed by atoms with Crippen LogP contribution < -0.4 is 21.7 Å². The first-order chi connectivity index (χ1) is 14.4. The van der Waals surface area contributed by atoms with Crippen molar-refractivity contribution in [2.24, 2.45) is 5.73 Å². The number of benzene rings is 1. The molecule has 0 aliphatic heterocycles. The number of anilines is 3. The fourth-order valence-electron chi connectivity index (χ4n) is 3.69. The van der Waals surface area contributed by atoms with Gasteiger partial charge in [-0.25, -0.2) is 14.2 Å². The summed E-state index contributed by atoms with van der Waals surface area (Å²) in [5.41, 5.74) is 7.15. The van der Waals surface area contributed by atoms with Crippen molar-refractivity contribution in [2.75, 3.05) is 10.6 Å². The normalized spacial score (nSPS) is 18.5. The lowest BCUT2D eigenvalue weighted by Gasteiger charge is -2.32. The van der Waals surface area contributed by atoms with Crippen molar-refractivity contribution in [3.05, 3.63) is 47.3 Å². The standard InChI is InChI=1S/C21H26FN5O3/c1-2-12-6-5-7-13(10-12)24-19-14(18(23)28)11-15(22)20(27-19)25-16-8-3-4-9-17(16)26-21(29)30/h5-7,10-11,16-17,26H,2-4,8-9H2,1H3,(H2,23,28)(H,29,30)(H2,24,25,27)/t16-,17+/m1/s1. The predicted molar refractivity (Wildman–Crippen MR) is 113 cm³/mol. The minimum atomic E-state index is -1.12.